The van der Waals surface area contributed by atoms with Crippen molar-refractivity contribution in [3.8, 4) is 0 Å². The molecule has 29 heavy (non-hydrogen) atoms. The number of morpholine rings is 1. The zero-order valence-electron chi connectivity index (χ0n) is 16.6. The van der Waals surface area contributed by atoms with Crippen LogP contribution in [0.15, 0.2) is 34.9 Å². The lowest BCUT2D eigenvalue weighted by Gasteiger charge is -2.37. The van der Waals surface area contributed by atoms with Crippen LogP contribution in [-0.4, -0.2) is 60.0 Å². The van der Waals surface area contributed by atoms with Crippen LogP contribution in [0.5, 0.6) is 0 Å². The number of hydrogen-bond donors (Lipinski definition) is 0. The van der Waals surface area contributed by atoms with Crippen molar-refractivity contribution in [1.29, 1.82) is 0 Å². The number of piperidine rings is 1. The van der Waals surface area contributed by atoms with Gasteiger partial charge in [-0.3, -0.25) is 0 Å². The van der Waals surface area contributed by atoms with E-state index in [1.165, 1.54) is 9.87 Å². The van der Waals surface area contributed by atoms with E-state index < -0.39 is 10.2 Å². The van der Waals surface area contributed by atoms with Crippen LogP contribution in [-0.2, 0) is 27.8 Å². The molecular weight excluding hydrogens is 392 g/mol. The van der Waals surface area contributed by atoms with Gasteiger partial charge in [0, 0.05) is 26.1 Å². The molecule has 2 aliphatic rings. The summed E-state index contributed by atoms with van der Waals surface area (Å²) in [5.41, 5.74) is 1.28. The van der Waals surface area contributed by atoms with E-state index >= 15 is 0 Å². The molecular formula is C20H28N4O4S. The summed E-state index contributed by atoms with van der Waals surface area (Å²) in [7, 11) is -3.57. The van der Waals surface area contributed by atoms with Crippen LogP contribution < -0.4 is 0 Å². The number of aryl methyl sites for hydroxylation is 2. The fourth-order valence-corrected chi connectivity index (χ4v) is 5.74. The molecule has 0 N–H and O–H groups in total. The van der Waals surface area contributed by atoms with Gasteiger partial charge in [-0.05, 0) is 31.2 Å². The van der Waals surface area contributed by atoms with E-state index in [0.717, 1.165) is 25.7 Å². The molecule has 8 nitrogen and oxygen atoms in total. The van der Waals surface area contributed by atoms with Crippen LogP contribution in [0.3, 0.4) is 0 Å². The Labute approximate surface area is 172 Å². The Balaban J connectivity index is 1.42. The smallest absolute Gasteiger partial charge is 0.282 e. The topological polar surface area (TPSA) is 88.8 Å². The second-order valence-electron chi connectivity index (χ2n) is 7.53. The van der Waals surface area contributed by atoms with Crippen molar-refractivity contribution < 1.29 is 17.7 Å². The first-order valence-corrected chi connectivity index (χ1v) is 11.8. The maximum Gasteiger partial charge on any atom is 0.282 e. The van der Waals surface area contributed by atoms with E-state index in [-0.39, 0.29) is 6.04 Å². The standard InChI is InChI=1S/C20H28N4O4S/c25-29(26,23-13-15-27-16-14-23)24-12-5-4-10-18(24)20-21-19(22-28-20)11-6-9-17-7-2-1-3-8-17/h1-3,7-8,18H,4-6,9-16H2/t18-/m0/s1. The second kappa shape index (κ2) is 9.34. The molecule has 1 aromatic heterocycles. The van der Waals surface area contributed by atoms with Crippen molar-refractivity contribution in [2.75, 3.05) is 32.8 Å². The highest BCUT2D eigenvalue weighted by molar-refractivity contribution is 7.86. The lowest BCUT2D eigenvalue weighted by molar-refractivity contribution is 0.0674. The predicted octanol–water partition coefficient (Wildman–Crippen LogP) is 2.35. The van der Waals surface area contributed by atoms with Crippen LogP contribution in [0.2, 0.25) is 0 Å². The van der Waals surface area contributed by atoms with Gasteiger partial charge in [-0.1, -0.05) is 41.9 Å². The molecule has 0 spiro atoms. The number of aromatic nitrogens is 2. The Morgan fingerprint density at radius 2 is 1.83 bits per heavy atom. The number of rotatable bonds is 7. The monoisotopic (exact) mass is 420 g/mol. The Kier molecular flexibility index (Phi) is 6.59. The molecule has 0 aliphatic carbocycles. The van der Waals surface area contributed by atoms with Gasteiger partial charge in [0.15, 0.2) is 5.82 Å². The van der Waals surface area contributed by atoms with Gasteiger partial charge in [0.2, 0.25) is 5.89 Å². The van der Waals surface area contributed by atoms with Crippen molar-refractivity contribution in [1.82, 2.24) is 18.8 Å². The van der Waals surface area contributed by atoms with Crippen molar-refractivity contribution in [3.63, 3.8) is 0 Å². The Hall–Kier alpha value is -1.81. The molecule has 0 radical (unpaired) electrons. The van der Waals surface area contributed by atoms with Gasteiger partial charge in [0.25, 0.3) is 10.2 Å². The minimum absolute atomic E-state index is 0.382. The van der Waals surface area contributed by atoms with Crippen LogP contribution in [0.4, 0.5) is 0 Å². The lowest BCUT2D eigenvalue weighted by atomic mass is 10.1. The fourth-order valence-electron chi connectivity index (χ4n) is 3.95. The van der Waals surface area contributed by atoms with Crippen LogP contribution in [0.1, 0.15) is 49.0 Å². The summed E-state index contributed by atoms with van der Waals surface area (Å²) in [5.74, 6) is 1.06. The first-order valence-electron chi connectivity index (χ1n) is 10.4. The van der Waals surface area contributed by atoms with Crippen LogP contribution >= 0.6 is 0 Å². The highest BCUT2D eigenvalue weighted by Gasteiger charge is 2.40. The van der Waals surface area contributed by atoms with E-state index in [2.05, 4.69) is 22.3 Å². The summed E-state index contributed by atoms with van der Waals surface area (Å²) >= 11 is 0. The van der Waals surface area contributed by atoms with E-state index in [1.807, 2.05) is 18.2 Å². The van der Waals surface area contributed by atoms with Gasteiger partial charge in [-0.25, -0.2) is 0 Å². The number of nitrogens with zero attached hydrogens (tertiary/aromatic N) is 4. The summed E-state index contributed by atoms with van der Waals surface area (Å²) in [6.45, 7) is 2.13. The molecule has 4 rings (SSSR count). The van der Waals surface area contributed by atoms with Crippen molar-refractivity contribution in [2.24, 2.45) is 0 Å². The molecule has 3 heterocycles. The van der Waals surface area contributed by atoms with Gasteiger partial charge in [0.05, 0.1) is 13.2 Å². The molecule has 2 fully saturated rings. The Morgan fingerprint density at radius 3 is 2.62 bits per heavy atom. The summed E-state index contributed by atoms with van der Waals surface area (Å²) in [5, 5.41) is 4.11. The van der Waals surface area contributed by atoms with E-state index in [9.17, 15) is 8.42 Å². The third-order valence-corrected chi connectivity index (χ3v) is 7.57. The maximum atomic E-state index is 13.2. The molecule has 0 amide bonds. The molecule has 2 saturated heterocycles. The molecule has 1 aromatic carbocycles. The summed E-state index contributed by atoms with van der Waals surface area (Å²) in [6.07, 6.45) is 5.08. The largest absolute Gasteiger partial charge is 0.379 e. The number of ether oxygens (including phenoxy) is 1. The quantitative estimate of drug-likeness (QED) is 0.683. The normalized spacial score (nSPS) is 22.0. The maximum absolute atomic E-state index is 13.2. The first kappa shape index (κ1) is 20.5. The number of hydrogen-bond acceptors (Lipinski definition) is 6. The molecule has 2 aliphatic heterocycles. The van der Waals surface area contributed by atoms with E-state index in [4.69, 9.17) is 9.26 Å². The van der Waals surface area contributed by atoms with Gasteiger partial charge < -0.3 is 9.26 Å². The van der Waals surface area contributed by atoms with Crippen LogP contribution in [0, 0.1) is 0 Å². The first-order chi connectivity index (χ1) is 14.1. The van der Waals surface area contributed by atoms with Crippen molar-refractivity contribution in [3.05, 3.63) is 47.6 Å². The fraction of sp³-hybridized carbons (Fsp3) is 0.600. The molecule has 9 heteroatoms. The molecule has 2 aromatic rings. The minimum Gasteiger partial charge on any atom is -0.379 e. The Bertz CT molecular complexity index is 881. The minimum atomic E-state index is -3.57. The van der Waals surface area contributed by atoms with Gasteiger partial charge in [-0.15, -0.1) is 0 Å². The van der Waals surface area contributed by atoms with E-state index in [0.29, 0.717) is 57.4 Å². The summed E-state index contributed by atoms with van der Waals surface area (Å²) in [6, 6.07) is 9.92. The predicted molar refractivity (Wildman–Crippen MR) is 107 cm³/mol. The highest BCUT2D eigenvalue weighted by Crippen LogP contribution is 2.33. The third-order valence-electron chi connectivity index (χ3n) is 5.52. The van der Waals surface area contributed by atoms with Gasteiger partial charge in [0.1, 0.15) is 6.04 Å². The van der Waals surface area contributed by atoms with Crippen molar-refractivity contribution in [2.45, 2.75) is 44.6 Å². The zero-order valence-corrected chi connectivity index (χ0v) is 17.4. The average Bonchev–Trinajstić information content (AvgIpc) is 3.24. The summed E-state index contributed by atoms with van der Waals surface area (Å²) < 4.78 is 40.2. The summed E-state index contributed by atoms with van der Waals surface area (Å²) in [4.78, 5) is 4.55. The highest BCUT2D eigenvalue weighted by atomic mass is 32.2. The molecule has 158 valence electrons. The zero-order chi connectivity index (χ0) is 20.1. The third kappa shape index (κ3) is 4.85. The molecule has 0 unspecified atom stereocenters. The van der Waals surface area contributed by atoms with Gasteiger partial charge in [-0.2, -0.15) is 22.0 Å². The lowest BCUT2D eigenvalue weighted by Crippen LogP contribution is -2.50. The second-order valence-corrected chi connectivity index (χ2v) is 9.41. The van der Waals surface area contributed by atoms with Crippen LogP contribution in [0.25, 0.3) is 0 Å². The Morgan fingerprint density at radius 1 is 1.03 bits per heavy atom. The molecule has 0 saturated carbocycles. The molecule has 1 atom stereocenters. The van der Waals surface area contributed by atoms with Crippen molar-refractivity contribution >= 4 is 10.2 Å². The number of benzene rings is 1. The SMILES string of the molecule is O=S(=O)(N1CCOCC1)N1CCCC[C@H]1c1nc(CCCc2ccccc2)no1. The van der Waals surface area contributed by atoms with Gasteiger partial charge >= 0.3 is 0 Å². The average molecular weight is 421 g/mol. The van der Waals surface area contributed by atoms with E-state index in [1.54, 1.807) is 4.31 Å². The molecule has 0 bridgehead atoms.